The zero-order chi connectivity index (χ0) is 13.2. The van der Waals surface area contributed by atoms with Gasteiger partial charge in [-0.3, -0.25) is 0 Å². The van der Waals surface area contributed by atoms with Crippen molar-refractivity contribution in [1.82, 2.24) is 4.98 Å². The molecule has 0 aromatic carbocycles. The number of carbonyl (C=O) groups is 1. The van der Waals surface area contributed by atoms with Crippen LogP contribution in [-0.4, -0.2) is 22.4 Å². The van der Waals surface area contributed by atoms with Crippen molar-refractivity contribution in [2.45, 2.75) is 12.9 Å². The number of nitrogens with zero attached hydrogens (tertiary/aromatic N) is 1. The molecule has 1 aromatic heterocycles. The van der Waals surface area contributed by atoms with Crippen LogP contribution in [0.15, 0.2) is 6.07 Å². The molecule has 0 aliphatic rings. The number of hydrogen-bond donors (Lipinski definition) is 2. The fourth-order valence-corrected chi connectivity index (χ4v) is 1.24. The SMILES string of the molecule is NCc1nc(C(=O)O)c(Cl)cc1OC(F)(F)F. The van der Waals surface area contributed by atoms with Gasteiger partial charge in [0.25, 0.3) is 0 Å². The summed E-state index contributed by atoms with van der Waals surface area (Å²) in [5.74, 6) is -2.18. The molecule has 5 nitrogen and oxygen atoms in total. The molecule has 0 saturated heterocycles. The van der Waals surface area contributed by atoms with Gasteiger partial charge in [0.15, 0.2) is 11.4 Å². The summed E-state index contributed by atoms with van der Waals surface area (Å²) in [5.41, 5.74) is 4.22. The Kier molecular flexibility index (Phi) is 3.79. The highest BCUT2D eigenvalue weighted by Crippen LogP contribution is 2.29. The van der Waals surface area contributed by atoms with E-state index in [9.17, 15) is 18.0 Å². The van der Waals surface area contributed by atoms with Gasteiger partial charge in [-0.15, -0.1) is 13.2 Å². The van der Waals surface area contributed by atoms with Gasteiger partial charge < -0.3 is 15.6 Å². The van der Waals surface area contributed by atoms with Crippen molar-refractivity contribution in [1.29, 1.82) is 0 Å². The Morgan fingerprint density at radius 3 is 2.59 bits per heavy atom. The third-order valence-corrected chi connectivity index (χ3v) is 1.92. The molecule has 1 rings (SSSR count). The molecular formula is C8H6ClF3N2O3. The Balaban J connectivity index is 3.24. The van der Waals surface area contributed by atoms with Crippen LogP contribution in [0, 0.1) is 0 Å². The van der Waals surface area contributed by atoms with Crippen molar-refractivity contribution in [3.05, 3.63) is 22.5 Å². The van der Waals surface area contributed by atoms with Crippen LogP contribution in [0.1, 0.15) is 16.2 Å². The number of nitrogens with two attached hydrogens (primary N) is 1. The van der Waals surface area contributed by atoms with Gasteiger partial charge in [0.05, 0.1) is 10.7 Å². The second-order valence-corrected chi connectivity index (χ2v) is 3.23. The summed E-state index contributed by atoms with van der Waals surface area (Å²) in [6.07, 6.45) is -4.93. The largest absolute Gasteiger partial charge is 0.573 e. The van der Waals surface area contributed by atoms with Gasteiger partial charge in [-0.1, -0.05) is 11.6 Å². The molecule has 3 N–H and O–H groups in total. The maximum absolute atomic E-state index is 12.0. The van der Waals surface area contributed by atoms with Gasteiger partial charge in [0.2, 0.25) is 0 Å². The molecule has 9 heteroatoms. The molecule has 0 unspecified atom stereocenters. The molecule has 0 saturated carbocycles. The summed E-state index contributed by atoms with van der Waals surface area (Å²) in [6.45, 7) is -0.414. The number of carboxylic acid groups (broad SMARTS) is 1. The van der Waals surface area contributed by atoms with E-state index in [0.717, 1.165) is 0 Å². The Hall–Kier alpha value is -1.54. The van der Waals surface area contributed by atoms with Crippen molar-refractivity contribution >= 4 is 17.6 Å². The molecule has 0 atom stereocenters. The van der Waals surface area contributed by atoms with Crippen LogP contribution < -0.4 is 10.5 Å². The lowest BCUT2D eigenvalue weighted by Crippen LogP contribution is -2.20. The normalized spacial score (nSPS) is 11.4. The first kappa shape index (κ1) is 13.5. The molecule has 0 radical (unpaired) electrons. The fraction of sp³-hybridized carbons (Fsp3) is 0.250. The summed E-state index contributed by atoms with van der Waals surface area (Å²) in [5, 5.41) is 8.19. The third kappa shape index (κ3) is 3.46. The maximum Gasteiger partial charge on any atom is 0.573 e. The summed E-state index contributed by atoms with van der Waals surface area (Å²) in [7, 11) is 0. The zero-order valence-corrected chi connectivity index (χ0v) is 8.84. The molecule has 17 heavy (non-hydrogen) atoms. The number of pyridine rings is 1. The van der Waals surface area contributed by atoms with E-state index >= 15 is 0 Å². The number of halogens is 4. The first-order valence-corrected chi connectivity index (χ1v) is 4.51. The van der Waals surface area contributed by atoms with Crippen LogP contribution in [0.2, 0.25) is 5.02 Å². The number of alkyl halides is 3. The van der Waals surface area contributed by atoms with Crippen LogP contribution in [0.5, 0.6) is 5.75 Å². The van der Waals surface area contributed by atoms with Gasteiger partial charge in [-0.2, -0.15) is 0 Å². The van der Waals surface area contributed by atoms with Crippen molar-refractivity contribution in [2.75, 3.05) is 0 Å². The van der Waals surface area contributed by atoms with Crippen LogP contribution in [0.4, 0.5) is 13.2 Å². The predicted octanol–water partition coefficient (Wildman–Crippen LogP) is 1.79. The Morgan fingerprint density at radius 2 is 2.18 bits per heavy atom. The molecule has 0 aliphatic carbocycles. The van der Waals surface area contributed by atoms with Gasteiger partial charge in [0, 0.05) is 12.6 Å². The number of carboxylic acids is 1. The standard InChI is InChI=1S/C8H6ClF3N2O3/c9-3-1-5(17-8(10,11)12)4(2-13)14-6(3)7(15)16/h1H,2,13H2,(H,15,16). The van der Waals surface area contributed by atoms with E-state index in [-0.39, 0.29) is 5.69 Å². The van der Waals surface area contributed by atoms with E-state index in [0.29, 0.717) is 6.07 Å². The molecule has 0 amide bonds. The minimum Gasteiger partial charge on any atom is -0.476 e. The quantitative estimate of drug-likeness (QED) is 0.874. The molecule has 1 heterocycles. The highest BCUT2D eigenvalue weighted by atomic mass is 35.5. The highest BCUT2D eigenvalue weighted by Gasteiger charge is 2.33. The molecule has 1 aromatic rings. The zero-order valence-electron chi connectivity index (χ0n) is 8.08. The van der Waals surface area contributed by atoms with E-state index in [4.69, 9.17) is 22.4 Å². The van der Waals surface area contributed by atoms with Crippen LogP contribution >= 0.6 is 11.6 Å². The average molecular weight is 271 g/mol. The summed E-state index contributed by atoms with van der Waals surface area (Å²) in [4.78, 5) is 14.0. The summed E-state index contributed by atoms with van der Waals surface area (Å²) in [6, 6.07) is 0.716. The van der Waals surface area contributed by atoms with Crippen molar-refractivity contribution in [3.63, 3.8) is 0 Å². The first-order valence-electron chi connectivity index (χ1n) is 4.13. The van der Waals surface area contributed by atoms with Gasteiger partial charge in [-0.05, 0) is 0 Å². The van der Waals surface area contributed by atoms with Crippen LogP contribution in [0.3, 0.4) is 0 Å². The third-order valence-electron chi connectivity index (χ3n) is 1.64. The second-order valence-electron chi connectivity index (χ2n) is 2.82. The topological polar surface area (TPSA) is 85.4 Å². The number of aromatic carboxylic acids is 1. The average Bonchev–Trinajstić information content (AvgIpc) is 2.14. The van der Waals surface area contributed by atoms with Crippen molar-refractivity contribution in [3.8, 4) is 5.75 Å². The highest BCUT2D eigenvalue weighted by molar-refractivity contribution is 6.33. The fourth-order valence-electron chi connectivity index (χ4n) is 1.02. The van der Waals surface area contributed by atoms with Gasteiger partial charge in [0.1, 0.15) is 0 Å². The molecular weight excluding hydrogens is 265 g/mol. The summed E-state index contributed by atoms with van der Waals surface area (Å²) >= 11 is 5.45. The van der Waals surface area contributed by atoms with Crippen LogP contribution in [0.25, 0.3) is 0 Å². The van der Waals surface area contributed by atoms with E-state index in [1.807, 2.05) is 0 Å². The van der Waals surface area contributed by atoms with Gasteiger partial charge in [-0.25, -0.2) is 9.78 Å². The Morgan fingerprint density at radius 1 is 1.59 bits per heavy atom. The number of hydrogen-bond acceptors (Lipinski definition) is 4. The second kappa shape index (κ2) is 4.76. The van der Waals surface area contributed by atoms with Crippen molar-refractivity contribution < 1.29 is 27.8 Å². The smallest absolute Gasteiger partial charge is 0.476 e. The van der Waals surface area contributed by atoms with E-state index in [1.165, 1.54) is 0 Å². The van der Waals surface area contributed by atoms with Crippen LogP contribution in [-0.2, 0) is 6.54 Å². The molecule has 0 fully saturated rings. The molecule has 0 spiro atoms. The predicted molar refractivity (Wildman–Crippen MR) is 50.8 cm³/mol. The van der Waals surface area contributed by atoms with Gasteiger partial charge >= 0.3 is 12.3 Å². The van der Waals surface area contributed by atoms with E-state index in [1.54, 1.807) is 0 Å². The summed E-state index contributed by atoms with van der Waals surface area (Å²) < 4.78 is 39.6. The minimum absolute atomic E-state index is 0.343. The lowest BCUT2D eigenvalue weighted by atomic mass is 10.2. The van der Waals surface area contributed by atoms with Crippen molar-refractivity contribution in [2.24, 2.45) is 5.73 Å². The Labute approximate surface area is 98.0 Å². The lowest BCUT2D eigenvalue weighted by molar-refractivity contribution is -0.275. The number of ether oxygens (including phenoxy) is 1. The lowest BCUT2D eigenvalue weighted by Gasteiger charge is -2.12. The Bertz CT molecular complexity index is 450. The molecule has 0 aliphatic heterocycles. The first-order chi connectivity index (χ1) is 7.74. The molecule has 0 bridgehead atoms. The maximum atomic E-state index is 12.0. The monoisotopic (exact) mass is 270 g/mol. The number of rotatable bonds is 3. The minimum atomic E-state index is -4.93. The molecule has 94 valence electrons. The number of aromatic nitrogens is 1. The van der Waals surface area contributed by atoms with E-state index in [2.05, 4.69) is 9.72 Å². The van der Waals surface area contributed by atoms with E-state index < -0.39 is 35.3 Å².